The molecule has 1 aliphatic heterocycles. The lowest BCUT2D eigenvalue weighted by Crippen LogP contribution is -2.44. The first-order valence-electron chi connectivity index (χ1n) is 13.3. The second-order valence-corrected chi connectivity index (χ2v) is 10.5. The number of aromatic nitrogens is 1. The molecule has 1 saturated heterocycles. The van der Waals surface area contributed by atoms with E-state index in [1.54, 1.807) is 13.1 Å². The predicted octanol–water partition coefficient (Wildman–Crippen LogP) is 5.40. The van der Waals surface area contributed by atoms with Crippen LogP contribution in [0.3, 0.4) is 0 Å². The number of carbonyl (C=O) groups is 2. The first-order chi connectivity index (χ1) is 18.5. The minimum atomic E-state index is -0.197. The first kappa shape index (κ1) is 26.0. The zero-order valence-electron chi connectivity index (χ0n) is 21.7. The summed E-state index contributed by atoms with van der Waals surface area (Å²) in [5, 5.41) is 6.85. The molecule has 198 valence electrons. The highest BCUT2D eigenvalue weighted by Gasteiger charge is 2.25. The summed E-state index contributed by atoms with van der Waals surface area (Å²) < 4.78 is 0. The van der Waals surface area contributed by atoms with Crippen LogP contribution < -0.4 is 20.4 Å². The molecule has 1 aromatic heterocycles. The number of hydrogen-bond donors (Lipinski definition) is 2. The van der Waals surface area contributed by atoms with E-state index in [1.165, 1.54) is 16.2 Å². The van der Waals surface area contributed by atoms with Crippen LogP contribution >= 0.6 is 11.6 Å². The highest BCUT2D eigenvalue weighted by molar-refractivity contribution is 6.33. The molecule has 1 atom stereocenters. The van der Waals surface area contributed by atoms with E-state index in [0.29, 0.717) is 22.8 Å². The van der Waals surface area contributed by atoms with Crippen LogP contribution in [0.4, 0.5) is 16.2 Å². The first-order valence-corrected chi connectivity index (χ1v) is 13.7. The highest BCUT2D eigenvalue weighted by Crippen LogP contribution is 2.32. The second kappa shape index (κ2) is 11.9. The Bertz CT molecular complexity index is 1280. The number of amides is 3. The van der Waals surface area contributed by atoms with Crippen LogP contribution in [0, 0.1) is 0 Å². The standard InChI is InChI=1S/C30H34ClN5O2/c1-35(28-8-3-2-7-27(28)31)30(38)33-20-23-6-4-5-21-9-10-22(19-26(21)23)29(37)34-24-13-17-36(18-14-24)25-11-15-32-16-12-25/h2-3,7-12,15-16,19,23-24H,4-6,13-14,17-18,20H2,1H3,(H,33,38)(H,34,37). The summed E-state index contributed by atoms with van der Waals surface area (Å²) in [6.07, 6.45) is 8.48. The van der Waals surface area contributed by atoms with Crippen molar-refractivity contribution in [1.82, 2.24) is 15.6 Å². The number of benzene rings is 2. The lowest BCUT2D eigenvalue weighted by atomic mass is 9.82. The topological polar surface area (TPSA) is 77.6 Å². The average Bonchev–Trinajstić information content (AvgIpc) is 2.96. The van der Waals surface area contributed by atoms with Crippen LogP contribution in [-0.2, 0) is 6.42 Å². The van der Waals surface area contributed by atoms with Crippen molar-refractivity contribution in [1.29, 1.82) is 0 Å². The molecule has 2 N–H and O–H groups in total. The fourth-order valence-electron chi connectivity index (χ4n) is 5.52. The number of piperidine rings is 1. The van der Waals surface area contributed by atoms with Gasteiger partial charge in [0.2, 0.25) is 0 Å². The maximum absolute atomic E-state index is 13.2. The van der Waals surface area contributed by atoms with Gasteiger partial charge in [-0.15, -0.1) is 0 Å². The van der Waals surface area contributed by atoms with Crippen molar-refractivity contribution in [2.45, 2.75) is 44.1 Å². The van der Waals surface area contributed by atoms with Gasteiger partial charge in [0, 0.05) is 62.3 Å². The smallest absolute Gasteiger partial charge is 0.321 e. The quantitative estimate of drug-likeness (QED) is 0.446. The van der Waals surface area contributed by atoms with Crippen LogP contribution in [-0.4, -0.2) is 49.6 Å². The Morgan fingerprint density at radius 1 is 1.05 bits per heavy atom. The highest BCUT2D eigenvalue weighted by atomic mass is 35.5. The number of hydrogen-bond acceptors (Lipinski definition) is 4. The summed E-state index contributed by atoms with van der Waals surface area (Å²) in [7, 11) is 1.72. The number of rotatable bonds is 6. The molecular weight excluding hydrogens is 498 g/mol. The maximum Gasteiger partial charge on any atom is 0.321 e. The van der Waals surface area contributed by atoms with Crippen molar-refractivity contribution in [3.05, 3.63) is 88.7 Å². The van der Waals surface area contributed by atoms with E-state index in [2.05, 4.69) is 26.6 Å². The number of nitrogens with one attached hydrogen (secondary N) is 2. The van der Waals surface area contributed by atoms with E-state index in [0.717, 1.165) is 50.8 Å². The van der Waals surface area contributed by atoms with Crippen LogP contribution in [0.25, 0.3) is 0 Å². The minimum Gasteiger partial charge on any atom is -0.371 e. The number of pyridine rings is 1. The molecule has 2 aromatic carbocycles. The molecule has 2 heterocycles. The van der Waals surface area contributed by atoms with E-state index in [4.69, 9.17) is 11.6 Å². The monoisotopic (exact) mass is 531 g/mol. The number of fused-ring (bicyclic) bond motifs is 1. The Hall–Kier alpha value is -3.58. The van der Waals surface area contributed by atoms with Gasteiger partial charge in [-0.2, -0.15) is 0 Å². The number of anilines is 2. The molecule has 1 aliphatic carbocycles. The molecule has 0 spiro atoms. The summed E-state index contributed by atoms with van der Waals surface area (Å²) in [6, 6.07) is 17.4. The van der Waals surface area contributed by atoms with Crippen LogP contribution in [0.5, 0.6) is 0 Å². The van der Waals surface area contributed by atoms with Gasteiger partial charge in [-0.05, 0) is 79.6 Å². The van der Waals surface area contributed by atoms with Gasteiger partial charge in [0.05, 0.1) is 10.7 Å². The van der Waals surface area contributed by atoms with E-state index in [1.807, 2.05) is 54.9 Å². The molecule has 0 radical (unpaired) electrons. The normalized spacial score (nSPS) is 17.4. The van der Waals surface area contributed by atoms with Crippen molar-refractivity contribution in [2.24, 2.45) is 0 Å². The molecule has 1 fully saturated rings. The van der Waals surface area contributed by atoms with Gasteiger partial charge in [0.25, 0.3) is 5.91 Å². The van der Waals surface area contributed by atoms with Crippen LogP contribution in [0.2, 0.25) is 5.02 Å². The SMILES string of the molecule is CN(C(=O)NCC1CCCc2ccc(C(=O)NC3CCN(c4ccncc4)CC3)cc21)c1ccccc1Cl. The number of urea groups is 1. The molecule has 3 aromatic rings. The molecular formula is C30H34ClN5O2. The third-order valence-corrected chi connectivity index (χ3v) is 8.04. The Kier molecular flexibility index (Phi) is 8.13. The summed E-state index contributed by atoms with van der Waals surface area (Å²) >= 11 is 6.27. The van der Waals surface area contributed by atoms with Gasteiger partial charge < -0.3 is 15.5 Å². The summed E-state index contributed by atoms with van der Waals surface area (Å²) in [5.41, 5.74) is 4.96. The van der Waals surface area contributed by atoms with Crippen molar-refractivity contribution in [3.63, 3.8) is 0 Å². The second-order valence-electron chi connectivity index (χ2n) is 10.1. The van der Waals surface area contributed by atoms with Crippen LogP contribution in [0.15, 0.2) is 67.0 Å². The lowest BCUT2D eigenvalue weighted by Gasteiger charge is -2.34. The lowest BCUT2D eigenvalue weighted by molar-refractivity contribution is 0.0931. The number of aryl methyl sites for hydroxylation is 1. The molecule has 2 aliphatic rings. The molecule has 8 heteroatoms. The van der Waals surface area contributed by atoms with E-state index in [9.17, 15) is 9.59 Å². The van der Waals surface area contributed by atoms with Gasteiger partial charge >= 0.3 is 6.03 Å². The van der Waals surface area contributed by atoms with E-state index >= 15 is 0 Å². The minimum absolute atomic E-state index is 0.0260. The molecule has 1 unspecified atom stereocenters. The fourth-order valence-corrected chi connectivity index (χ4v) is 5.78. The third-order valence-electron chi connectivity index (χ3n) is 7.72. The summed E-state index contributed by atoms with van der Waals surface area (Å²) in [5.74, 6) is 0.140. The average molecular weight is 532 g/mol. The zero-order chi connectivity index (χ0) is 26.5. The van der Waals surface area contributed by atoms with Gasteiger partial charge in [-0.3, -0.25) is 14.7 Å². The molecule has 0 saturated carbocycles. The Labute approximate surface area is 229 Å². The largest absolute Gasteiger partial charge is 0.371 e. The van der Waals surface area contributed by atoms with Crippen molar-refractivity contribution in [3.8, 4) is 0 Å². The molecule has 38 heavy (non-hydrogen) atoms. The maximum atomic E-state index is 13.2. The molecule has 5 rings (SSSR count). The Morgan fingerprint density at radius 3 is 2.58 bits per heavy atom. The number of halogens is 1. The molecule has 3 amide bonds. The fraction of sp³-hybridized carbons (Fsp3) is 0.367. The van der Waals surface area contributed by atoms with Crippen LogP contribution in [0.1, 0.15) is 53.1 Å². The molecule has 7 nitrogen and oxygen atoms in total. The molecule has 0 bridgehead atoms. The van der Waals surface area contributed by atoms with Gasteiger partial charge in [0.15, 0.2) is 0 Å². The van der Waals surface area contributed by atoms with Crippen molar-refractivity contribution in [2.75, 3.05) is 36.5 Å². The summed E-state index contributed by atoms with van der Waals surface area (Å²) in [4.78, 5) is 34.0. The van der Waals surface area contributed by atoms with Gasteiger partial charge in [-0.1, -0.05) is 29.8 Å². The Balaban J connectivity index is 1.19. The van der Waals surface area contributed by atoms with Crippen molar-refractivity contribution < 1.29 is 9.59 Å². The summed E-state index contributed by atoms with van der Waals surface area (Å²) in [6.45, 7) is 2.33. The van der Waals surface area contributed by atoms with Crippen molar-refractivity contribution >= 4 is 34.9 Å². The Morgan fingerprint density at radius 2 is 1.82 bits per heavy atom. The third kappa shape index (κ3) is 5.94. The van der Waals surface area contributed by atoms with E-state index in [-0.39, 0.29) is 23.9 Å². The zero-order valence-corrected chi connectivity index (χ0v) is 22.5. The predicted molar refractivity (Wildman–Crippen MR) is 152 cm³/mol. The number of nitrogens with zero attached hydrogens (tertiary/aromatic N) is 3. The van der Waals surface area contributed by atoms with Gasteiger partial charge in [0.1, 0.15) is 0 Å². The van der Waals surface area contributed by atoms with E-state index < -0.39 is 0 Å². The number of carbonyl (C=O) groups excluding carboxylic acids is 2. The van der Waals surface area contributed by atoms with Gasteiger partial charge in [-0.25, -0.2) is 4.79 Å². The number of para-hydroxylation sites is 1.